The Labute approximate surface area is 56.3 Å². The Kier molecular flexibility index (Phi) is 1.28. The SMILES string of the molecule is CNC12CC(C1)C2.Cl. The minimum Gasteiger partial charge on any atom is -0.314 e. The maximum atomic E-state index is 3.34. The third-order valence-corrected chi connectivity index (χ3v) is 2.57. The van der Waals surface area contributed by atoms with Gasteiger partial charge < -0.3 is 5.32 Å². The third kappa shape index (κ3) is 0.517. The summed E-state index contributed by atoms with van der Waals surface area (Å²) in [5.74, 6) is 1.12. The Bertz CT molecular complexity index is 79.7. The molecular formula is C6H12ClN. The fourth-order valence-corrected chi connectivity index (χ4v) is 1.78. The molecule has 48 valence electrons. The van der Waals surface area contributed by atoms with Crippen molar-refractivity contribution in [3.8, 4) is 0 Å². The molecule has 0 spiro atoms. The molecule has 1 N–H and O–H groups in total. The summed E-state index contributed by atoms with van der Waals surface area (Å²) in [5.41, 5.74) is 0.657. The second-order valence-corrected chi connectivity index (χ2v) is 3.01. The van der Waals surface area contributed by atoms with Crippen molar-refractivity contribution in [2.75, 3.05) is 7.05 Å². The van der Waals surface area contributed by atoms with E-state index >= 15 is 0 Å². The molecule has 0 aliphatic heterocycles. The monoisotopic (exact) mass is 133 g/mol. The van der Waals surface area contributed by atoms with E-state index in [-0.39, 0.29) is 12.4 Å². The number of hydrogen-bond acceptors (Lipinski definition) is 1. The number of rotatable bonds is 1. The fraction of sp³-hybridized carbons (Fsp3) is 1.00. The standard InChI is InChI=1S/C6H11N.ClH/c1-7-6-2-5(3-6)4-6;/h5,7H,2-4H2,1H3;1H. The van der Waals surface area contributed by atoms with Crippen molar-refractivity contribution in [2.45, 2.75) is 24.8 Å². The predicted octanol–water partition coefficient (Wildman–Crippen LogP) is 1.18. The first kappa shape index (κ1) is 6.37. The molecule has 0 amide bonds. The van der Waals surface area contributed by atoms with E-state index in [4.69, 9.17) is 0 Å². The van der Waals surface area contributed by atoms with Crippen LogP contribution in [0.5, 0.6) is 0 Å². The van der Waals surface area contributed by atoms with E-state index in [0.717, 1.165) is 5.92 Å². The summed E-state index contributed by atoms with van der Waals surface area (Å²) in [6.45, 7) is 0. The Hall–Kier alpha value is 0.250. The molecule has 3 rings (SSSR count). The molecule has 0 heterocycles. The number of nitrogens with one attached hydrogen (secondary N) is 1. The molecule has 1 nitrogen and oxygen atoms in total. The summed E-state index contributed by atoms with van der Waals surface area (Å²) in [4.78, 5) is 0. The van der Waals surface area contributed by atoms with Crippen LogP contribution in [-0.2, 0) is 0 Å². The molecule has 8 heavy (non-hydrogen) atoms. The number of halogens is 1. The molecule has 0 unspecified atom stereocenters. The van der Waals surface area contributed by atoms with Gasteiger partial charge in [-0.15, -0.1) is 12.4 Å². The molecule has 2 bridgehead atoms. The van der Waals surface area contributed by atoms with Crippen molar-refractivity contribution < 1.29 is 0 Å². The lowest BCUT2D eigenvalue weighted by Gasteiger charge is -2.61. The summed E-state index contributed by atoms with van der Waals surface area (Å²) in [6, 6.07) is 0. The van der Waals surface area contributed by atoms with E-state index in [1.54, 1.807) is 0 Å². The summed E-state index contributed by atoms with van der Waals surface area (Å²) in [7, 11) is 2.08. The van der Waals surface area contributed by atoms with E-state index in [9.17, 15) is 0 Å². The van der Waals surface area contributed by atoms with Gasteiger partial charge in [0.2, 0.25) is 0 Å². The molecule has 3 fully saturated rings. The maximum absolute atomic E-state index is 3.34. The van der Waals surface area contributed by atoms with Gasteiger partial charge in [0, 0.05) is 5.54 Å². The molecule has 3 aliphatic rings. The second-order valence-electron chi connectivity index (χ2n) is 3.01. The highest BCUT2D eigenvalue weighted by atomic mass is 35.5. The molecule has 0 atom stereocenters. The Morgan fingerprint density at radius 3 is 1.88 bits per heavy atom. The van der Waals surface area contributed by atoms with Gasteiger partial charge in [0.05, 0.1) is 0 Å². The normalized spacial score (nSPS) is 48.4. The maximum Gasteiger partial charge on any atom is 0.0186 e. The highest BCUT2D eigenvalue weighted by molar-refractivity contribution is 5.85. The van der Waals surface area contributed by atoms with E-state index in [1.165, 1.54) is 19.3 Å². The Balaban J connectivity index is 0.000000320. The zero-order chi connectivity index (χ0) is 4.91. The second kappa shape index (κ2) is 1.61. The van der Waals surface area contributed by atoms with Crippen LogP contribution in [0.4, 0.5) is 0 Å². The van der Waals surface area contributed by atoms with Crippen LogP contribution in [-0.4, -0.2) is 12.6 Å². The van der Waals surface area contributed by atoms with Gasteiger partial charge in [0.1, 0.15) is 0 Å². The van der Waals surface area contributed by atoms with Crippen LogP contribution in [0, 0.1) is 5.92 Å². The van der Waals surface area contributed by atoms with Gasteiger partial charge >= 0.3 is 0 Å². The molecular weight excluding hydrogens is 122 g/mol. The van der Waals surface area contributed by atoms with Crippen molar-refractivity contribution in [2.24, 2.45) is 5.92 Å². The molecule has 2 heteroatoms. The minimum atomic E-state index is 0. The zero-order valence-corrected chi connectivity index (χ0v) is 5.92. The van der Waals surface area contributed by atoms with E-state index in [1.807, 2.05) is 0 Å². The predicted molar refractivity (Wildman–Crippen MR) is 36.4 cm³/mol. The fourth-order valence-electron chi connectivity index (χ4n) is 1.78. The molecule has 3 aliphatic carbocycles. The molecule has 0 aromatic rings. The van der Waals surface area contributed by atoms with Crippen molar-refractivity contribution in [3.05, 3.63) is 0 Å². The average molecular weight is 134 g/mol. The van der Waals surface area contributed by atoms with Crippen LogP contribution in [0.2, 0.25) is 0 Å². The highest BCUT2D eigenvalue weighted by Gasteiger charge is 2.55. The molecule has 3 saturated carbocycles. The molecule has 0 radical (unpaired) electrons. The topological polar surface area (TPSA) is 12.0 Å². The van der Waals surface area contributed by atoms with Crippen molar-refractivity contribution in [3.63, 3.8) is 0 Å². The Morgan fingerprint density at radius 2 is 1.88 bits per heavy atom. The summed E-state index contributed by atoms with van der Waals surface area (Å²) >= 11 is 0. The molecule has 0 saturated heterocycles. The van der Waals surface area contributed by atoms with Gasteiger partial charge in [0.15, 0.2) is 0 Å². The first-order valence-corrected chi connectivity index (χ1v) is 3.04. The average Bonchev–Trinajstić information content (AvgIpc) is 1.25. The summed E-state index contributed by atoms with van der Waals surface area (Å²) in [6.07, 6.45) is 4.39. The smallest absolute Gasteiger partial charge is 0.0186 e. The Morgan fingerprint density at radius 1 is 1.38 bits per heavy atom. The third-order valence-electron chi connectivity index (χ3n) is 2.57. The largest absolute Gasteiger partial charge is 0.314 e. The van der Waals surface area contributed by atoms with Crippen LogP contribution in [0.3, 0.4) is 0 Å². The van der Waals surface area contributed by atoms with Crippen molar-refractivity contribution >= 4 is 12.4 Å². The van der Waals surface area contributed by atoms with Gasteiger partial charge in [-0.25, -0.2) is 0 Å². The van der Waals surface area contributed by atoms with Crippen LogP contribution in [0.15, 0.2) is 0 Å². The van der Waals surface area contributed by atoms with Gasteiger partial charge in [-0.1, -0.05) is 0 Å². The van der Waals surface area contributed by atoms with E-state index < -0.39 is 0 Å². The quantitative estimate of drug-likeness (QED) is 0.567. The lowest BCUT2D eigenvalue weighted by atomic mass is 9.50. The van der Waals surface area contributed by atoms with Gasteiger partial charge in [-0.3, -0.25) is 0 Å². The van der Waals surface area contributed by atoms with Crippen LogP contribution >= 0.6 is 12.4 Å². The van der Waals surface area contributed by atoms with Crippen molar-refractivity contribution in [1.29, 1.82) is 0 Å². The lowest BCUT2D eigenvalue weighted by molar-refractivity contribution is -0.0445. The van der Waals surface area contributed by atoms with Gasteiger partial charge in [-0.05, 0) is 32.2 Å². The minimum absolute atomic E-state index is 0. The lowest BCUT2D eigenvalue weighted by Crippen LogP contribution is -2.65. The van der Waals surface area contributed by atoms with Gasteiger partial charge in [-0.2, -0.15) is 0 Å². The first-order chi connectivity index (χ1) is 3.35. The molecule has 0 aromatic heterocycles. The van der Waals surface area contributed by atoms with Crippen LogP contribution < -0.4 is 5.32 Å². The first-order valence-electron chi connectivity index (χ1n) is 3.04. The molecule has 0 aromatic carbocycles. The van der Waals surface area contributed by atoms with Gasteiger partial charge in [0.25, 0.3) is 0 Å². The van der Waals surface area contributed by atoms with Crippen LogP contribution in [0.25, 0.3) is 0 Å². The van der Waals surface area contributed by atoms with E-state index in [2.05, 4.69) is 12.4 Å². The van der Waals surface area contributed by atoms with E-state index in [0.29, 0.717) is 5.54 Å². The summed E-state index contributed by atoms with van der Waals surface area (Å²) in [5, 5.41) is 3.34. The zero-order valence-electron chi connectivity index (χ0n) is 5.11. The van der Waals surface area contributed by atoms with Crippen molar-refractivity contribution in [1.82, 2.24) is 5.32 Å². The number of hydrogen-bond donors (Lipinski definition) is 1. The highest BCUT2D eigenvalue weighted by Crippen LogP contribution is 2.56. The summed E-state index contributed by atoms with van der Waals surface area (Å²) < 4.78 is 0. The van der Waals surface area contributed by atoms with Crippen LogP contribution in [0.1, 0.15) is 19.3 Å².